The molecule has 0 atom stereocenters. The van der Waals surface area contributed by atoms with E-state index in [4.69, 9.17) is 21.1 Å². The van der Waals surface area contributed by atoms with E-state index in [-0.39, 0.29) is 10.6 Å². The number of ether oxygens (including phenoxy) is 2. The van der Waals surface area contributed by atoms with Crippen molar-refractivity contribution in [2.24, 2.45) is 0 Å². The van der Waals surface area contributed by atoms with E-state index in [1.54, 1.807) is 36.4 Å². The van der Waals surface area contributed by atoms with Gasteiger partial charge in [-0.15, -0.1) is 0 Å². The van der Waals surface area contributed by atoms with Crippen LogP contribution in [0.25, 0.3) is 0 Å². The van der Waals surface area contributed by atoms with Gasteiger partial charge in [0.1, 0.15) is 5.75 Å². The van der Waals surface area contributed by atoms with E-state index in [9.17, 15) is 9.59 Å². The maximum Gasteiger partial charge on any atom is 0.340 e. The van der Waals surface area contributed by atoms with Gasteiger partial charge in [-0.3, -0.25) is 4.79 Å². The van der Waals surface area contributed by atoms with E-state index < -0.39 is 18.5 Å². The van der Waals surface area contributed by atoms with Gasteiger partial charge < -0.3 is 14.8 Å². The molecule has 1 N–H and O–H groups in total. The SMILES string of the molecule is CCOc1ccc(NC(=O)COC(=O)c2cc(Br)ccc2Cl)cc1. The second-order valence-electron chi connectivity index (χ2n) is 4.71. The van der Waals surface area contributed by atoms with Crippen molar-refractivity contribution < 1.29 is 19.1 Å². The lowest BCUT2D eigenvalue weighted by Crippen LogP contribution is -2.21. The minimum absolute atomic E-state index is 0.194. The number of amides is 1. The molecule has 0 aromatic heterocycles. The van der Waals surface area contributed by atoms with Crippen molar-refractivity contribution in [3.05, 3.63) is 57.5 Å². The monoisotopic (exact) mass is 411 g/mol. The fraction of sp³-hybridized carbons (Fsp3) is 0.176. The summed E-state index contributed by atoms with van der Waals surface area (Å²) in [6, 6.07) is 11.7. The number of benzene rings is 2. The summed E-state index contributed by atoms with van der Waals surface area (Å²) in [5.74, 6) is -0.395. The highest BCUT2D eigenvalue weighted by molar-refractivity contribution is 9.10. The molecule has 126 valence electrons. The van der Waals surface area contributed by atoms with Crippen molar-refractivity contribution in [2.75, 3.05) is 18.5 Å². The summed E-state index contributed by atoms with van der Waals surface area (Å²) in [7, 11) is 0. The fourth-order valence-electron chi connectivity index (χ4n) is 1.86. The Hall–Kier alpha value is -2.05. The van der Waals surface area contributed by atoms with Gasteiger partial charge in [-0.05, 0) is 49.4 Å². The zero-order valence-electron chi connectivity index (χ0n) is 12.8. The third kappa shape index (κ3) is 5.25. The molecule has 0 fully saturated rings. The van der Waals surface area contributed by atoms with Crippen molar-refractivity contribution in [3.63, 3.8) is 0 Å². The van der Waals surface area contributed by atoms with E-state index in [0.29, 0.717) is 22.5 Å². The molecule has 0 radical (unpaired) electrons. The van der Waals surface area contributed by atoms with Gasteiger partial charge in [-0.2, -0.15) is 0 Å². The maximum absolute atomic E-state index is 12.0. The molecule has 0 spiro atoms. The zero-order chi connectivity index (χ0) is 17.5. The Morgan fingerprint density at radius 3 is 2.54 bits per heavy atom. The van der Waals surface area contributed by atoms with Crippen molar-refractivity contribution in [3.8, 4) is 5.75 Å². The van der Waals surface area contributed by atoms with Gasteiger partial charge in [0, 0.05) is 10.2 Å². The summed E-state index contributed by atoms with van der Waals surface area (Å²) in [5.41, 5.74) is 0.778. The molecule has 0 bridgehead atoms. The number of esters is 1. The highest BCUT2D eigenvalue weighted by Crippen LogP contribution is 2.21. The first-order valence-electron chi connectivity index (χ1n) is 7.14. The highest BCUT2D eigenvalue weighted by Gasteiger charge is 2.14. The molecule has 0 aliphatic rings. The van der Waals surface area contributed by atoms with Gasteiger partial charge in [-0.1, -0.05) is 27.5 Å². The summed E-state index contributed by atoms with van der Waals surface area (Å²) < 4.78 is 11.0. The second-order valence-corrected chi connectivity index (χ2v) is 6.03. The Bertz CT molecular complexity index is 734. The summed E-state index contributed by atoms with van der Waals surface area (Å²) in [5, 5.41) is 2.89. The lowest BCUT2D eigenvalue weighted by molar-refractivity contribution is -0.119. The topological polar surface area (TPSA) is 64.6 Å². The Morgan fingerprint density at radius 2 is 1.88 bits per heavy atom. The summed E-state index contributed by atoms with van der Waals surface area (Å²) in [6.45, 7) is 2.05. The van der Waals surface area contributed by atoms with Crippen molar-refractivity contribution in [1.82, 2.24) is 0 Å². The van der Waals surface area contributed by atoms with Crippen LogP contribution in [0, 0.1) is 0 Å². The van der Waals surface area contributed by atoms with Crippen molar-refractivity contribution >= 4 is 45.1 Å². The van der Waals surface area contributed by atoms with Crippen LogP contribution in [0.5, 0.6) is 5.75 Å². The number of carbonyl (C=O) groups excluding carboxylic acids is 2. The number of carbonyl (C=O) groups is 2. The third-order valence-corrected chi connectivity index (χ3v) is 3.75. The van der Waals surface area contributed by atoms with Crippen LogP contribution >= 0.6 is 27.5 Å². The van der Waals surface area contributed by atoms with Crippen molar-refractivity contribution in [1.29, 1.82) is 0 Å². The molecule has 0 aliphatic carbocycles. The zero-order valence-corrected chi connectivity index (χ0v) is 15.2. The molecule has 1 amide bonds. The van der Waals surface area contributed by atoms with Crippen LogP contribution in [0.1, 0.15) is 17.3 Å². The number of rotatable bonds is 6. The molecule has 24 heavy (non-hydrogen) atoms. The van der Waals surface area contributed by atoms with Gasteiger partial charge in [0.25, 0.3) is 5.91 Å². The minimum atomic E-state index is -0.664. The molecule has 0 unspecified atom stereocenters. The van der Waals surface area contributed by atoms with Gasteiger partial charge in [0.2, 0.25) is 0 Å². The number of nitrogens with one attached hydrogen (secondary N) is 1. The quantitative estimate of drug-likeness (QED) is 0.719. The average molecular weight is 413 g/mol. The summed E-state index contributed by atoms with van der Waals surface area (Å²) in [4.78, 5) is 23.8. The van der Waals surface area contributed by atoms with Crippen LogP contribution < -0.4 is 10.1 Å². The van der Waals surface area contributed by atoms with Crippen molar-refractivity contribution in [2.45, 2.75) is 6.92 Å². The van der Waals surface area contributed by atoms with E-state index >= 15 is 0 Å². The minimum Gasteiger partial charge on any atom is -0.494 e. The van der Waals surface area contributed by atoms with Crippen LogP contribution in [0.15, 0.2) is 46.9 Å². The van der Waals surface area contributed by atoms with Gasteiger partial charge >= 0.3 is 5.97 Å². The molecule has 0 saturated carbocycles. The van der Waals surface area contributed by atoms with Crippen LogP contribution in [0.4, 0.5) is 5.69 Å². The molecule has 5 nitrogen and oxygen atoms in total. The molecule has 7 heteroatoms. The second kappa shape index (κ2) is 8.70. The summed E-state index contributed by atoms with van der Waals surface area (Å²) in [6.07, 6.45) is 0. The van der Waals surface area contributed by atoms with E-state index in [1.807, 2.05) is 6.92 Å². The molecule has 0 heterocycles. The van der Waals surface area contributed by atoms with E-state index in [2.05, 4.69) is 21.2 Å². The average Bonchev–Trinajstić information content (AvgIpc) is 2.57. The third-order valence-electron chi connectivity index (χ3n) is 2.93. The molecule has 0 aliphatic heterocycles. The first kappa shape index (κ1) is 18.3. The largest absolute Gasteiger partial charge is 0.494 e. The Balaban J connectivity index is 1.88. The predicted molar refractivity (Wildman–Crippen MR) is 95.7 cm³/mol. The van der Waals surface area contributed by atoms with E-state index in [0.717, 1.165) is 0 Å². The van der Waals surface area contributed by atoms with Crippen LogP contribution in [-0.2, 0) is 9.53 Å². The number of halogens is 2. The van der Waals surface area contributed by atoms with Gasteiger partial charge in [0.05, 0.1) is 17.2 Å². The smallest absolute Gasteiger partial charge is 0.340 e. The van der Waals surface area contributed by atoms with Crippen LogP contribution in [-0.4, -0.2) is 25.1 Å². The lowest BCUT2D eigenvalue weighted by atomic mass is 10.2. The molecule has 0 saturated heterocycles. The number of anilines is 1. The lowest BCUT2D eigenvalue weighted by Gasteiger charge is -2.08. The number of hydrogen-bond donors (Lipinski definition) is 1. The molecule has 2 rings (SSSR count). The highest BCUT2D eigenvalue weighted by atomic mass is 79.9. The van der Waals surface area contributed by atoms with Gasteiger partial charge in [-0.25, -0.2) is 4.79 Å². The van der Waals surface area contributed by atoms with E-state index in [1.165, 1.54) is 6.07 Å². The first-order chi connectivity index (χ1) is 11.5. The molecular formula is C17H15BrClNO4. The van der Waals surface area contributed by atoms with Crippen LogP contribution in [0.2, 0.25) is 5.02 Å². The normalized spacial score (nSPS) is 10.1. The fourth-order valence-corrected chi connectivity index (χ4v) is 2.42. The standard InChI is InChI=1S/C17H15BrClNO4/c1-2-23-13-6-4-12(5-7-13)20-16(21)10-24-17(22)14-9-11(18)3-8-15(14)19/h3-9H,2,10H2,1H3,(H,20,21). The first-order valence-corrected chi connectivity index (χ1v) is 8.31. The Kier molecular flexibility index (Phi) is 6.63. The van der Waals surface area contributed by atoms with Gasteiger partial charge in [0.15, 0.2) is 6.61 Å². The predicted octanol–water partition coefficient (Wildman–Crippen LogP) is 4.30. The summed E-state index contributed by atoms with van der Waals surface area (Å²) >= 11 is 9.19. The Morgan fingerprint density at radius 1 is 1.17 bits per heavy atom. The Labute approximate surface area is 153 Å². The molecular weight excluding hydrogens is 398 g/mol. The van der Waals surface area contributed by atoms with Crippen LogP contribution in [0.3, 0.4) is 0 Å². The molecule has 2 aromatic carbocycles. The maximum atomic E-state index is 12.0. The number of hydrogen-bond acceptors (Lipinski definition) is 4. The molecule has 2 aromatic rings.